The molecule has 0 aliphatic rings. The third-order valence-corrected chi connectivity index (χ3v) is 0.744. The normalized spacial score (nSPS) is 10.6. The van der Waals surface area contributed by atoms with Crippen molar-refractivity contribution in [3.63, 3.8) is 0 Å². The Kier molecular flexibility index (Phi) is 2.47. The Morgan fingerprint density at radius 2 is 2.25 bits per heavy atom. The largest absolute Gasteiger partial charge is 0.483 e. The van der Waals surface area contributed by atoms with Gasteiger partial charge >= 0.3 is 10.2 Å². The van der Waals surface area contributed by atoms with E-state index in [9.17, 15) is 12.3 Å². The van der Waals surface area contributed by atoms with Gasteiger partial charge in [0, 0.05) is 0 Å². The molecule has 8 heavy (non-hydrogen) atoms. The molecule has 0 aromatic carbocycles. The molecule has 0 bridgehead atoms. The van der Waals surface area contributed by atoms with Crippen LogP contribution in [0.15, 0.2) is 12.8 Å². The van der Waals surface area contributed by atoms with Crippen molar-refractivity contribution >= 4 is 10.2 Å². The third kappa shape index (κ3) is 5.42. The molecule has 0 saturated carbocycles. The van der Waals surface area contributed by atoms with Gasteiger partial charge in [0.1, 0.15) is 0 Å². The zero-order valence-corrected chi connectivity index (χ0v) is 4.82. The Hall–Kier alpha value is -0.580. The molecule has 0 radical (unpaired) electrons. The van der Waals surface area contributed by atoms with Crippen molar-refractivity contribution in [2.75, 3.05) is 5.94 Å². The Balaban J connectivity index is 3.57. The zero-order chi connectivity index (χ0) is 6.62. The van der Waals surface area contributed by atoms with Crippen molar-refractivity contribution in [1.29, 1.82) is 0 Å². The van der Waals surface area contributed by atoms with E-state index in [4.69, 9.17) is 0 Å². The van der Waals surface area contributed by atoms with Gasteiger partial charge in [0.25, 0.3) is 0 Å². The van der Waals surface area contributed by atoms with E-state index < -0.39 is 16.2 Å². The minimum atomic E-state index is -4.48. The Morgan fingerprint density at radius 1 is 1.75 bits per heavy atom. The van der Waals surface area contributed by atoms with E-state index in [1.165, 1.54) is 0 Å². The van der Waals surface area contributed by atoms with Crippen LogP contribution in [-0.2, 0) is 15.0 Å². The predicted molar refractivity (Wildman–Crippen MR) is 26.2 cm³/mol. The monoisotopic (exact) mass is 140 g/mol. The fourth-order valence-corrected chi connectivity index (χ4v) is 0.388. The van der Waals surface area contributed by atoms with Crippen molar-refractivity contribution in [3.05, 3.63) is 12.8 Å². The number of hydrogen-bond acceptors (Lipinski definition) is 3. The maximum atomic E-state index is 11.4. The topological polar surface area (TPSA) is 43.4 Å². The van der Waals surface area contributed by atoms with Gasteiger partial charge in [-0.05, 0) is 0 Å². The highest BCUT2D eigenvalue weighted by molar-refractivity contribution is 7.86. The van der Waals surface area contributed by atoms with Crippen LogP contribution < -0.4 is 0 Å². The molecule has 0 amide bonds. The van der Waals surface area contributed by atoms with Crippen LogP contribution in [0.5, 0.6) is 0 Å². The average molecular weight is 140 g/mol. The molecule has 0 rings (SSSR count). The van der Waals surface area contributed by atoms with Crippen LogP contribution in [0.1, 0.15) is 0 Å². The lowest BCUT2D eigenvalue weighted by Crippen LogP contribution is -1.98. The highest BCUT2D eigenvalue weighted by Crippen LogP contribution is 1.89. The molecule has 0 atom stereocenters. The first-order valence-corrected chi connectivity index (χ1v) is 3.26. The van der Waals surface area contributed by atoms with Crippen LogP contribution in [0.4, 0.5) is 3.89 Å². The summed E-state index contributed by atoms with van der Waals surface area (Å²) in [4.78, 5) is 0. The summed E-state index contributed by atoms with van der Waals surface area (Å²) in [6.07, 6.45) is 0.858. The van der Waals surface area contributed by atoms with Crippen molar-refractivity contribution in [1.82, 2.24) is 0 Å². The van der Waals surface area contributed by atoms with E-state index in [1.54, 1.807) is 0 Å². The summed E-state index contributed by atoms with van der Waals surface area (Å²) in [5.41, 5.74) is 0. The van der Waals surface area contributed by atoms with Crippen LogP contribution in [0.3, 0.4) is 0 Å². The van der Waals surface area contributed by atoms with Crippen LogP contribution in [-0.4, -0.2) is 14.4 Å². The molecule has 0 saturated heterocycles. The van der Waals surface area contributed by atoms with Gasteiger partial charge in [-0.2, -0.15) is 8.42 Å². The van der Waals surface area contributed by atoms with Crippen molar-refractivity contribution in [3.8, 4) is 0 Å². The van der Waals surface area contributed by atoms with Crippen molar-refractivity contribution in [2.45, 2.75) is 0 Å². The summed E-state index contributed by atoms with van der Waals surface area (Å²) in [6, 6.07) is 0. The van der Waals surface area contributed by atoms with Gasteiger partial charge < -0.3 is 4.74 Å². The SMILES string of the molecule is C=COCS(=O)(=O)F. The molecule has 5 heteroatoms. The third-order valence-electron chi connectivity index (χ3n) is 0.327. The molecule has 0 fully saturated rings. The van der Waals surface area contributed by atoms with Crippen molar-refractivity contribution in [2.24, 2.45) is 0 Å². The predicted octanol–water partition coefficient (Wildman–Crippen LogP) is 0.403. The second kappa shape index (κ2) is 2.66. The number of hydrogen-bond donors (Lipinski definition) is 0. The molecule has 0 aliphatic heterocycles. The van der Waals surface area contributed by atoms with E-state index in [0.717, 1.165) is 6.26 Å². The summed E-state index contributed by atoms with van der Waals surface area (Å²) in [5, 5.41) is 0. The van der Waals surface area contributed by atoms with E-state index in [-0.39, 0.29) is 0 Å². The lowest BCUT2D eigenvalue weighted by Gasteiger charge is -1.90. The molecular formula is C3H5FO3S. The smallest absolute Gasteiger partial charge is 0.337 e. The highest BCUT2D eigenvalue weighted by Gasteiger charge is 2.03. The first-order chi connectivity index (χ1) is 3.56. The minimum Gasteiger partial charge on any atom is -0.483 e. The van der Waals surface area contributed by atoms with Gasteiger partial charge in [0.05, 0.1) is 6.26 Å². The molecule has 3 nitrogen and oxygen atoms in total. The highest BCUT2D eigenvalue weighted by atomic mass is 32.3. The molecule has 0 spiro atoms. The summed E-state index contributed by atoms with van der Waals surface area (Å²) in [5.74, 6) is -0.948. The number of rotatable bonds is 3. The van der Waals surface area contributed by atoms with Crippen LogP contribution in [0.2, 0.25) is 0 Å². The molecular weight excluding hydrogens is 135 g/mol. The summed E-state index contributed by atoms with van der Waals surface area (Å²) in [6.45, 7) is 3.01. The Morgan fingerprint density at radius 3 is 2.38 bits per heavy atom. The second-order valence-electron chi connectivity index (χ2n) is 0.990. The fraction of sp³-hybridized carbons (Fsp3) is 0.333. The summed E-state index contributed by atoms with van der Waals surface area (Å²) in [7, 11) is -4.48. The first-order valence-electron chi connectivity index (χ1n) is 1.71. The zero-order valence-electron chi connectivity index (χ0n) is 4.00. The van der Waals surface area contributed by atoms with E-state index in [0.29, 0.717) is 0 Å². The quantitative estimate of drug-likeness (QED) is 0.421. The van der Waals surface area contributed by atoms with E-state index in [1.807, 2.05) is 0 Å². The molecule has 0 unspecified atom stereocenters. The van der Waals surface area contributed by atoms with Crippen LogP contribution >= 0.6 is 0 Å². The summed E-state index contributed by atoms with van der Waals surface area (Å²) < 4.78 is 34.5. The van der Waals surface area contributed by atoms with Gasteiger partial charge in [0.2, 0.25) is 5.94 Å². The lowest BCUT2D eigenvalue weighted by molar-refractivity contribution is 0.301. The molecule has 0 aromatic rings. The van der Waals surface area contributed by atoms with Gasteiger partial charge in [0.15, 0.2) is 0 Å². The van der Waals surface area contributed by atoms with Gasteiger partial charge in [-0.3, -0.25) is 0 Å². The minimum absolute atomic E-state index is 0.858. The van der Waals surface area contributed by atoms with Crippen LogP contribution in [0.25, 0.3) is 0 Å². The molecule has 0 aliphatic carbocycles. The van der Waals surface area contributed by atoms with Crippen molar-refractivity contribution < 1.29 is 17.0 Å². The second-order valence-corrected chi connectivity index (χ2v) is 2.30. The Bertz CT molecular complexity index is 159. The maximum absolute atomic E-state index is 11.4. The Labute approximate surface area is 47.0 Å². The van der Waals surface area contributed by atoms with E-state index in [2.05, 4.69) is 11.3 Å². The fourth-order valence-electron chi connectivity index (χ4n) is 0.129. The number of halogens is 1. The summed E-state index contributed by atoms with van der Waals surface area (Å²) >= 11 is 0. The standard InChI is InChI=1S/C3H5FO3S/c1-2-7-3-8(4,5)6/h2H,1,3H2. The molecule has 48 valence electrons. The molecule has 0 aromatic heterocycles. The van der Waals surface area contributed by atoms with E-state index >= 15 is 0 Å². The molecule has 0 heterocycles. The van der Waals surface area contributed by atoms with Gasteiger partial charge in [-0.1, -0.05) is 6.58 Å². The number of ether oxygens (including phenoxy) is 1. The maximum Gasteiger partial charge on any atom is 0.337 e. The average Bonchev–Trinajstić information content (AvgIpc) is 1.59. The first kappa shape index (κ1) is 7.42. The van der Waals surface area contributed by atoms with Gasteiger partial charge in [-0.25, -0.2) is 0 Å². The lowest BCUT2D eigenvalue weighted by atomic mass is 11.2. The molecule has 0 N–H and O–H groups in total. The van der Waals surface area contributed by atoms with Crippen LogP contribution in [0, 0.1) is 0 Å². The van der Waals surface area contributed by atoms with Gasteiger partial charge in [-0.15, -0.1) is 3.89 Å².